The quantitative estimate of drug-likeness (QED) is 0.872. The molecule has 0 fully saturated rings. The summed E-state index contributed by atoms with van der Waals surface area (Å²) in [4.78, 5) is 15.7. The largest absolute Gasteiger partial charge is 0.356 e. The van der Waals surface area contributed by atoms with E-state index in [9.17, 15) is 4.79 Å². The van der Waals surface area contributed by atoms with Gasteiger partial charge >= 0.3 is 0 Å². The van der Waals surface area contributed by atoms with Crippen LogP contribution in [-0.4, -0.2) is 17.4 Å². The molecule has 0 atom stereocenters. The predicted octanol–water partition coefficient (Wildman–Crippen LogP) is 2.30. The predicted molar refractivity (Wildman–Crippen MR) is 68.7 cm³/mol. The fourth-order valence-corrected chi connectivity index (χ4v) is 1.91. The highest BCUT2D eigenvalue weighted by Gasteiger charge is 2.04. The summed E-state index contributed by atoms with van der Waals surface area (Å²) in [6, 6.07) is 10.0. The second-order valence-electron chi connectivity index (χ2n) is 3.94. The van der Waals surface area contributed by atoms with Gasteiger partial charge in [0, 0.05) is 24.5 Å². The Bertz CT molecular complexity index is 517. The van der Waals surface area contributed by atoms with E-state index in [2.05, 4.69) is 16.4 Å². The van der Waals surface area contributed by atoms with Crippen molar-refractivity contribution in [2.24, 2.45) is 0 Å². The van der Waals surface area contributed by atoms with Crippen LogP contribution in [0.2, 0.25) is 0 Å². The highest BCUT2D eigenvalue weighted by atomic mass is 16.1. The number of aromatic nitrogens is 1. The maximum atomic E-state index is 11.4. The summed E-state index contributed by atoms with van der Waals surface area (Å²) in [5.74, 6) is 0.105. The van der Waals surface area contributed by atoms with Crippen molar-refractivity contribution < 1.29 is 4.79 Å². The molecule has 1 N–H and O–H groups in total. The molecule has 0 saturated heterocycles. The molecule has 0 unspecified atom stereocenters. The van der Waals surface area contributed by atoms with Gasteiger partial charge in [-0.25, -0.2) is 0 Å². The SMILES string of the molecule is CCNC(=O)CCc1ccnc2ccccc12. The Balaban J connectivity index is 2.16. The van der Waals surface area contributed by atoms with Gasteiger partial charge in [0.25, 0.3) is 0 Å². The number of carbonyl (C=O) groups excluding carboxylic acids is 1. The molecular weight excluding hydrogens is 212 g/mol. The molecule has 3 heteroatoms. The van der Waals surface area contributed by atoms with Crippen LogP contribution in [0.3, 0.4) is 0 Å². The van der Waals surface area contributed by atoms with Crippen LogP contribution in [0.1, 0.15) is 18.9 Å². The van der Waals surface area contributed by atoms with E-state index in [1.165, 1.54) is 5.56 Å². The zero-order valence-electron chi connectivity index (χ0n) is 9.94. The van der Waals surface area contributed by atoms with E-state index in [1.54, 1.807) is 6.20 Å². The van der Waals surface area contributed by atoms with E-state index in [4.69, 9.17) is 0 Å². The number of nitrogens with zero attached hydrogens (tertiary/aromatic N) is 1. The molecule has 1 heterocycles. The molecule has 2 rings (SSSR count). The molecule has 0 radical (unpaired) electrons. The summed E-state index contributed by atoms with van der Waals surface area (Å²) < 4.78 is 0. The van der Waals surface area contributed by atoms with Crippen molar-refractivity contribution in [3.8, 4) is 0 Å². The number of hydrogen-bond acceptors (Lipinski definition) is 2. The summed E-state index contributed by atoms with van der Waals surface area (Å²) in [6.07, 6.45) is 3.09. The van der Waals surface area contributed by atoms with Gasteiger partial charge in [0.2, 0.25) is 5.91 Å². The number of pyridine rings is 1. The van der Waals surface area contributed by atoms with Crippen molar-refractivity contribution in [3.05, 3.63) is 42.1 Å². The Hall–Kier alpha value is -1.90. The van der Waals surface area contributed by atoms with Crippen LogP contribution in [0.25, 0.3) is 10.9 Å². The Labute approximate surface area is 101 Å². The van der Waals surface area contributed by atoms with Gasteiger partial charge in [0.15, 0.2) is 0 Å². The van der Waals surface area contributed by atoms with E-state index in [0.717, 1.165) is 17.3 Å². The lowest BCUT2D eigenvalue weighted by molar-refractivity contribution is -0.120. The molecule has 0 aliphatic carbocycles. The lowest BCUT2D eigenvalue weighted by Gasteiger charge is -2.05. The second-order valence-corrected chi connectivity index (χ2v) is 3.94. The molecule has 88 valence electrons. The van der Waals surface area contributed by atoms with Gasteiger partial charge < -0.3 is 5.32 Å². The van der Waals surface area contributed by atoms with Crippen LogP contribution in [0, 0.1) is 0 Å². The van der Waals surface area contributed by atoms with Crippen LogP contribution >= 0.6 is 0 Å². The number of benzene rings is 1. The maximum Gasteiger partial charge on any atom is 0.220 e. The molecule has 1 amide bonds. The number of carbonyl (C=O) groups is 1. The van der Waals surface area contributed by atoms with Gasteiger partial charge in [0.1, 0.15) is 0 Å². The lowest BCUT2D eigenvalue weighted by Crippen LogP contribution is -2.22. The zero-order valence-corrected chi connectivity index (χ0v) is 9.94. The van der Waals surface area contributed by atoms with Crippen molar-refractivity contribution in [1.82, 2.24) is 10.3 Å². The number of amides is 1. The molecule has 1 aromatic carbocycles. The monoisotopic (exact) mass is 228 g/mol. The molecule has 0 aliphatic rings. The molecule has 3 nitrogen and oxygen atoms in total. The van der Waals surface area contributed by atoms with Gasteiger partial charge in [-0.3, -0.25) is 9.78 Å². The number of para-hydroxylation sites is 1. The van der Waals surface area contributed by atoms with Crippen molar-refractivity contribution in [2.45, 2.75) is 19.8 Å². The number of rotatable bonds is 4. The molecule has 0 aliphatic heterocycles. The minimum Gasteiger partial charge on any atom is -0.356 e. The third-order valence-electron chi connectivity index (χ3n) is 2.73. The number of hydrogen-bond donors (Lipinski definition) is 1. The first-order valence-corrected chi connectivity index (χ1v) is 5.90. The highest BCUT2D eigenvalue weighted by Crippen LogP contribution is 2.17. The number of nitrogens with one attached hydrogen (secondary N) is 1. The van der Waals surface area contributed by atoms with Crippen LogP contribution in [-0.2, 0) is 11.2 Å². The number of aryl methyl sites for hydroxylation is 1. The Kier molecular flexibility index (Phi) is 3.70. The van der Waals surface area contributed by atoms with E-state index < -0.39 is 0 Å². The summed E-state index contributed by atoms with van der Waals surface area (Å²) >= 11 is 0. The minimum atomic E-state index is 0.105. The second kappa shape index (κ2) is 5.43. The third-order valence-corrected chi connectivity index (χ3v) is 2.73. The van der Waals surface area contributed by atoms with E-state index in [0.29, 0.717) is 13.0 Å². The summed E-state index contributed by atoms with van der Waals surface area (Å²) in [5, 5.41) is 3.95. The number of fused-ring (bicyclic) bond motifs is 1. The third kappa shape index (κ3) is 2.81. The summed E-state index contributed by atoms with van der Waals surface area (Å²) in [6.45, 7) is 2.62. The summed E-state index contributed by atoms with van der Waals surface area (Å²) in [5.41, 5.74) is 2.17. The van der Waals surface area contributed by atoms with Crippen molar-refractivity contribution in [3.63, 3.8) is 0 Å². The van der Waals surface area contributed by atoms with Crippen LogP contribution in [0.4, 0.5) is 0 Å². The Morgan fingerprint density at radius 2 is 2.12 bits per heavy atom. The highest BCUT2D eigenvalue weighted by molar-refractivity contribution is 5.83. The average molecular weight is 228 g/mol. The first-order chi connectivity index (χ1) is 8.31. The molecule has 17 heavy (non-hydrogen) atoms. The summed E-state index contributed by atoms with van der Waals surface area (Å²) in [7, 11) is 0. The lowest BCUT2D eigenvalue weighted by atomic mass is 10.0. The smallest absolute Gasteiger partial charge is 0.220 e. The van der Waals surface area contributed by atoms with E-state index >= 15 is 0 Å². The van der Waals surface area contributed by atoms with Crippen molar-refractivity contribution >= 4 is 16.8 Å². The fourth-order valence-electron chi connectivity index (χ4n) is 1.91. The average Bonchev–Trinajstić information content (AvgIpc) is 2.36. The normalized spacial score (nSPS) is 10.4. The van der Waals surface area contributed by atoms with E-state index in [-0.39, 0.29) is 5.91 Å². The topological polar surface area (TPSA) is 42.0 Å². The molecule has 0 spiro atoms. The molecule has 0 saturated carbocycles. The van der Waals surface area contributed by atoms with Crippen molar-refractivity contribution in [1.29, 1.82) is 0 Å². The Morgan fingerprint density at radius 1 is 1.29 bits per heavy atom. The molecule has 2 aromatic rings. The zero-order chi connectivity index (χ0) is 12.1. The van der Waals surface area contributed by atoms with Crippen LogP contribution in [0.15, 0.2) is 36.5 Å². The van der Waals surface area contributed by atoms with Gasteiger partial charge in [-0.1, -0.05) is 18.2 Å². The van der Waals surface area contributed by atoms with Crippen LogP contribution < -0.4 is 5.32 Å². The first kappa shape index (κ1) is 11.6. The fraction of sp³-hybridized carbons (Fsp3) is 0.286. The molecular formula is C14H16N2O. The van der Waals surface area contributed by atoms with Gasteiger partial charge in [-0.2, -0.15) is 0 Å². The molecule has 1 aromatic heterocycles. The first-order valence-electron chi connectivity index (χ1n) is 5.90. The van der Waals surface area contributed by atoms with Gasteiger partial charge in [-0.05, 0) is 31.0 Å². The van der Waals surface area contributed by atoms with E-state index in [1.807, 2.05) is 31.2 Å². The van der Waals surface area contributed by atoms with Gasteiger partial charge in [0.05, 0.1) is 5.52 Å². The van der Waals surface area contributed by atoms with Gasteiger partial charge in [-0.15, -0.1) is 0 Å². The van der Waals surface area contributed by atoms with Crippen LogP contribution in [0.5, 0.6) is 0 Å². The molecule has 0 bridgehead atoms. The standard InChI is InChI=1S/C14H16N2O/c1-2-15-14(17)8-7-11-9-10-16-13-6-4-3-5-12(11)13/h3-6,9-10H,2,7-8H2,1H3,(H,15,17). The Morgan fingerprint density at radius 3 is 2.94 bits per heavy atom. The maximum absolute atomic E-state index is 11.4. The van der Waals surface area contributed by atoms with Crippen molar-refractivity contribution in [2.75, 3.05) is 6.54 Å². The minimum absolute atomic E-state index is 0.105.